The fourth-order valence-corrected chi connectivity index (χ4v) is 14.9. The summed E-state index contributed by atoms with van der Waals surface area (Å²) in [7, 11) is -9.92. The third-order valence-corrected chi connectivity index (χ3v) is 21.9. The van der Waals surface area contributed by atoms with Gasteiger partial charge in [-0.25, -0.2) is 9.13 Å². The van der Waals surface area contributed by atoms with E-state index in [9.17, 15) is 43.2 Å². The first kappa shape index (κ1) is 102. The minimum Gasteiger partial charge on any atom is -0.462 e. The van der Waals surface area contributed by atoms with Gasteiger partial charge in [0.2, 0.25) is 0 Å². The Morgan fingerprint density at radius 2 is 0.442 bits per heavy atom. The fourth-order valence-electron chi connectivity index (χ4n) is 13.3. The molecule has 0 heterocycles. The van der Waals surface area contributed by atoms with Crippen LogP contribution >= 0.6 is 15.6 Å². The maximum atomic E-state index is 13.1. The summed E-state index contributed by atoms with van der Waals surface area (Å²) in [5.41, 5.74) is 0. The number of phosphoric ester groups is 2. The normalized spacial score (nSPS) is 13.8. The van der Waals surface area contributed by atoms with Crippen LogP contribution in [0.1, 0.15) is 458 Å². The van der Waals surface area contributed by atoms with E-state index in [1.807, 2.05) is 0 Å². The fraction of sp³-hybridized carbons (Fsp3) is 0.953. The Hall–Kier alpha value is -1.94. The Kier molecular flexibility index (Phi) is 76.3. The highest BCUT2D eigenvalue weighted by Crippen LogP contribution is 2.45. The van der Waals surface area contributed by atoms with Gasteiger partial charge < -0.3 is 33.8 Å². The van der Waals surface area contributed by atoms with Gasteiger partial charge in [-0.1, -0.05) is 407 Å². The zero-order chi connectivity index (χ0) is 76.2. The molecule has 0 fully saturated rings. The molecule has 0 bridgehead atoms. The van der Waals surface area contributed by atoms with Crippen molar-refractivity contribution < 1.29 is 80.2 Å². The van der Waals surface area contributed by atoms with Crippen LogP contribution in [-0.4, -0.2) is 96.7 Å². The number of aliphatic hydroxyl groups excluding tert-OH is 1. The van der Waals surface area contributed by atoms with E-state index >= 15 is 0 Å². The van der Waals surface area contributed by atoms with Gasteiger partial charge in [0.1, 0.15) is 19.3 Å². The Morgan fingerprint density at radius 1 is 0.260 bits per heavy atom. The largest absolute Gasteiger partial charge is 0.472 e. The number of unbranched alkanes of at least 4 members (excludes halogenated alkanes) is 57. The number of carbonyl (C=O) groups excluding carboxylic acids is 4. The summed E-state index contributed by atoms with van der Waals surface area (Å²) in [6.07, 6.45) is 71.0. The van der Waals surface area contributed by atoms with Crippen molar-refractivity contribution in [3.05, 3.63) is 0 Å². The molecule has 0 saturated heterocycles. The van der Waals surface area contributed by atoms with E-state index in [1.165, 1.54) is 276 Å². The average Bonchev–Trinajstić information content (AvgIpc) is 0.907. The van der Waals surface area contributed by atoms with Gasteiger partial charge in [-0.2, -0.15) is 0 Å². The first-order chi connectivity index (χ1) is 50.5. The minimum absolute atomic E-state index is 0.107. The predicted octanol–water partition coefficient (Wildman–Crippen LogP) is 26.0. The highest BCUT2D eigenvalue weighted by atomic mass is 31.2. The number of hydrogen-bond acceptors (Lipinski definition) is 15. The molecule has 5 atom stereocenters. The SMILES string of the molecule is CCCCCCCCCCCCCCCCCCCCCCCC(=O)O[C@H](COC(=O)CCCCCCCCCCCCCCCCCCCCCC)COP(=O)(O)OC[C@@H](O)COP(=O)(O)OC[C@@H](COC(=O)CCCCCCCCCC)OC(=O)CCCCCCCCCCCCCCC(C)C. The molecule has 0 aliphatic rings. The smallest absolute Gasteiger partial charge is 0.462 e. The van der Waals surface area contributed by atoms with Crippen LogP contribution in [0.25, 0.3) is 0 Å². The lowest BCUT2D eigenvalue weighted by Gasteiger charge is -2.21. The van der Waals surface area contributed by atoms with Gasteiger partial charge in [-0.3, -0.25) is 37.3 Å². The highest BCUT2D eigenvalue weighted by Gasteiger charge is 2.30. The Labute approximate surface area is 638 Å². The maximum Gasteiger partial charge on any atom is 0.472 e. The second kappa shape index (κ2) is 77.8. The van der Waals surface area contributed by atoms with Crippen molar-refractivity contribution in [3.63, 3.8) is 0 Å². The van der Waals surface area contributed by atoms with Gasteiger partial charge in [0, 0.05) is 25.7 Å². The number of rotatable bonds is 85. The predicted molar refractivity (Wildman–Crippen MR) is 428 cm³/mol. The van der Waals surface area contributed by atoms with E-state index in [1.54, 1.807) is 0 Å². The van der Waals surface area contributed by atoms with Crippen LogP contribution < -0.4 is 0 Å². The van der Waals surface area contributed by atoms with Crippen molar-refractivity contribution in [2.75, 3.05) is 39.6 Å². The summed E-state index contributed by atoms with van der Waals surface area (Å²) in [4.78, 5) is 73.1. The van der Waals surface area contributed by atoms with E-state index < -0.39 is 97.5 Å². The van der Waals surface area contributed by atoms with Crippen LogP contribution in [0.5, 0.6) is 0 Å². The number of phosphoric acid groups is 2. The third kappa shape index (κ3) is 78.2. The number of ether oxygens (including phenoxy) is 4. The molecule has 2 unspecified atom stereocenters. The second-order valence-corrected chi connectivity index (χ2v) is 34.0. The molecule has 618 valence electrons. The molecule has 0 aromatic carbocycles. The summed E-state index contributed by atoms with van der Waals surface area (Å²) < 4.78 is 68.8. The minimum atomic E-state index is -4.96. The van der Waals surface area contributed by atoms with Crippen molar-refractivity contribution in [1.29, 1.82) is 0 Å². The van der Waals surface area contributed by atoms with E-state index in [2.05, 4.69) is 34.6 Å². The number of esters is 4. The highest BCUT2D eigenvalue weighted by molar-refractivity contribution is 7.47. The first-order valence-corrected chi connectivity index (χ1v) is 47.1. The van der Waals surface area contributed by atoms with Gasteiger partial charge in [0.05, 0.1) is 26.4 Å². The molecule has 0 rings (SSSR count). The standard InChI is InChI=1S/C85H166O17P2/c1-6-9-12-15-18-21-23-25-27-29-31-33-35-37-39-41-46-50-55-60-65-70-84(89)102-81(75-96-83(88)69-64-59-54-49-45-40-38-36-34-32-30-28-26-24-22-19-16-13-10-7-2)77-100-104(93,94)98-73-79(86)72-97-103(91,92)99-76-80(74-95-82(87)68-63-58-53-20-17-14-11-8-3)101-85(90)71-66-61-56-51-47-43-42-44-48-52-57-62-67-78(4)5/h78-81,86H,6-77H2,1-5H3,(H,91,92)(H,93,94)/t79-,80+,81+/m0/s1. The average molecular weight is 1520 g/mol. The van der Waals surface area contributed by atoms with E-state index in [0.29, 0.717) is 25.7 Å². The summed E-state index contributed by atoms with van der Waals surface area (Å²) in [5, 5.41) is 10.7. The Morgan fingerprint density at radius 3 is 0.654 bits per heavy atom. The molecule has 0 spiro atoms. The molecule has 3 N–H and O–H groups in total. The number of aliphatic hydroxyl groups is 1. The van der Waals surface area contributed by atoms with Gasteiger partial charge in [-0.15, -0.1) is 0 Å². The zero-order valence-electron chi connectivity index (χ0n) is 68.2. The molecule has 19 heteroatoms. The summed E-state index contributed by atoms with van der Waals surface area (Å²) in [6.45, 7) is 7.33. The van der Waals surface area contributed by atoms with Crippen LogP contribution in [0, 0.1) is 5.92 Å². The lowest BCUT2D eigenvalue weighted by Crippen LogP contribution is -2.30. The van der Waals surface area contributed by atoms with Crippen molar-refractivity contribution in [2.45, 2.75) is 477 Å². The van der Waals surface area contributed by atoms with E-state index in [0.717, 1.165) is 102 Å². The van der Waals surface area contributed by atoms with Crippen LogP contribution in [-0.2, 0) is 65.4 Å². The molecule has 0 aromatic heterocycles. The van der Waals surface area contributed by atoms with Crippen LogP contribution in [0.15, 0.2) is 0 Å². The van der Waals surface area contributed by atoms with Crippen LogP contribution in [0.4, 0.5) is 0 Å². The number of carbonyl (C=O) groups is 4. The van der Waals surface area contributed by atoms with Gasteiger partial charge in [-0.05, 0) is 31.6 Å². The molecule has 0 saturated carbocycles. The van der Waals surface area contributed by atoms with Crippen molar-refractivity contribution in [1.82, 2.24) is 0 Å². The molecule has 104 heavy (non-hydrogen) atoms. The third-order valence-electron chi connectivity index (χ3n) is 20.0. The van der Waals surface area contributed by atoms with E-state index in [4.69, 9.17) is 37.0 Å². The molecule has 0 radical (unpaired) electrons. The Balaban J connectivity index is 5.18. The summed E-state index contributed by atoms with van der Waals surface area (Å²) in [5.74, 6) is -1.33. The second-order valence-electron chi connectivity index (χ2n) is 31.1. The Bertz CT molecular complexity index is 1980. The quantitative estimate of drug-likeness (QED) is 0.0222. The molecular weight excluding hydrogens is 1350 g/mol. The lowest BCUT2D eigenvalue weighted by atomic mass is 10.0. The van der Waals surface area contributed by atoms with Crippen LogP contribution in [0.2, 0.25) is 0 Å². The van der Waals surface area contributed by atoms with E-state index in [-0.39, 0.29) is 25.7 Å². The number of hydrogen-bond donors (Lipinski definition) is 3. The van der Waals surface area contributed by atoms with Crippen molar-refractivity contribution in [2.24, 2.45) is 5.92 Å². The lowest BCUT2D eigenvalue weighted by molar-refractivity contribution is -0.161. The summed E-state index contributed by atoms with van der Waals surface area (Å²) in [6, 6.07) is 0. The maximum absolute atomic E-state index is 13.1. The van der Waals surface area contributed by atoms with Gasteiger partial charge >= 0.3 is 39.5 Å². The molecule has 0 aromatic rings. The van der Waals surface area contributed by atoms with Crippen molar-refractivity contribution in [3.8, 4) is 0 Å². The van der Waals surface area contributed by atoms with Crippen LogP contribution in [0.3, 0.4) is 0 Å². The van der Waals surface area contributed by atoms with Gasteiger partial charge in [0.25, 0.3) is 0 Å². The first-order valence-electron chi connectivity index (χ1n) is 44.1. The molecule has 0 aliphatic carbocycles. The summed E-state index contributed by atoms with van der Waals surface area (Å²) >= 11 is 0. The molecule has 0 aliphatic heterocycles. The topological polar surface area (TPSA) is 237 Å². The van der Waals surface area contributed by atoms with Crippen molar-refractivity contribution >= 4 is 39.5 Å². The molecular formula is C85H166O17P2. The monoisotopic (exact) mass is 1520 g/mol. The van der Waals surface area contributed by atoms with Gasteiger partial charge in [0.15, 0.2) is 12.2 Å². The zero-order valence-corrected chi connectivity index (χ0v) is 70.0. The molecule has 0 amide bonds. The molecule has 17 nitrogen and oxygen atoms in total.